The summed E-state index contributed by atoms with van der Waals surface area (Å²) in [7, 11) is 1.74. The molecule has 3 atom stereocenters. The molecule has 0 radical (unpaired) electrons. The minimum absolute atomic E-state index is 0.0478. The SMILES string of the molecule is COC1CCC(NC(=O)C2CCCN2)C1. The molecule has 2 aliphatic rings. The smallest absolute Gasteiger partial charge is 0.237 e. The maximum Gasteiger partial charge on any atom is 0.237 e. The standard InChI is InChI=1S/C11H20N2O2/c1-15-9-5-4-8(7-9)13-11(14)10-3-2-6-12-10/h8-10,12H,2-7H2,1H3,(H,13,14). The van der Waals surface area contributed by atoms with Gasteiger partial charge in [-0.15, -0.1) is 0 Å². The fourth-order valence-corrected chi connectivity index (χ4v) is 2.50. The van der Waals surface area contributed by atoms with Crippen LogP contribution in [-0.4, -0.2) is 37.7 Å². The van der Waals surface area contributed by atoms with E-state index in [0.717, 1.165) is 38.6 Å². The Morgan fingerprint density at radius 1 is 1.40 bits per heavy atom. The lowest BCUT2D eigenvalue weighted by Crippen LogP contribution is -2.44. The molecule has 86 valence electrons. The molecule has 4 heteroatoms. The van der Waals surface area contributed by atoms with Crippen molar-refractivity contribution in [1.82, 2.24) is 10.6 Å². The van der Waals surface area contributed by atoms with Crippen molar-refractivity contribution in [2.45, 2.75) is 50.3 Å². The van der Waals surface area contributed by atoms with Gasteiger partial charge in [0.25, 0.3) is 0 Å². The largest absolute Gasteiger partial charge is 0.381 e. The lowest BCUT2D eigenvalue weighted by molar-refractivity contribution is -0.123. The van der Waals surface area contributed by atoms with Crippen molar-refractivity contribution in [3.63, 3.8) is 0 Å². The maximum atomic E-state index is 11.8. The van der Waals surface area contributed by atoms with Crippen LogP contribution in [0.2, 0.25) is 0 Å². The molecule has 1 amide bonds. The molecule has 2 N–H and O–H groups in total. The van der Waals surface area contributed by atoms with Gasteiger partial charge < -0.3 is 15.4 Å². The molecule has 1 heterocycles. The summed E-state index contributed by atoms with van der Waals surface area (Å²) in [4.78, 5) is 11.8. The van der Waals surface area contributed by atoms with Crippen LogP contribution in [0.5, 0.6) is 0 Å². The number of hydrogen-bond donors (Lipinski definition) is 2. The van der Waals surface area contributed by atoms with Gasteiger partial charge in [0, 0.05) is 13.2 Å². The van der Waals surface area contributed by atoms with Crippen molar-refractivity contribution < 1.29 is 9.53 Å². The Balaban J connectivity index is 1.74. The zero-order chi connectivity index (χ0) is 10.7. The molecule has 0 aromatic rings. The predicted molar refractivity (Wildman–Crippen MR) is 57.6 cm³/mol. The Bertz CT molecular complexity index is 227. The number of hydrogen-bond acceptors (Lipinski definition) is 3. The first-order valence-corrected chi connectivity index (χ1v) is 5.86. The topological polar surface area (TPSA) is 50.4 Å². The summed E-state index contributed by atoms with van der Waals surface area (Å²) in [6, 6.07) is 0.372. The summed E-state index contributed by atoms with van der Waals surface area (Å²) in [5.74, 6) is 0.175. The van der Waals surface area contributed by atoms with E-state index in [1.54, 1.807) is 7.11 Å². The van der Waals surface area contributed by atoms with Gasteiger partial charge in [-0.05, 0) is 38.6 Å². The van der Waals surface area contributed by atoms with Crippen LogP contribution in [0, 0.1) is 0 Å². The Kier molecular flexibility index (Phi) is 3.59. The monoisotopic (exact) mass is 212 g/mol. The molecule has 0 spiro atoms. The average Bonchev–Trinajstić information content (AvgIpc) is 2.87. The second-order valence-electron chi connectivity index (χ2n) is 4.53. The van der Waals surface area contributed by atoms with Gasteiger partial charge in [0.15, 0.2) is 0 Å². The van der Waals surface area contributed by atoms with E-state index in [2.05, 4.69) is 10.6 Å². The highest BCUT2D eigenvalue weighted by atomic mass is 16.5. The van der Waals surface area contributed by atoms with Gasteiger partial charge in [-0.25, -0.2) is 0 Å². The molecule has 0 bridgehead atoms. The number of carbonyl (C=O) groups is 1. The molecule has 0 aromatic carbocycles. The number of nitrogens with one attached hydrogen (secondary N) is 2. The van der Waals surface area contributed by atoms with Crippen molar-refractivity contribution in [1.29, 1.82) is 0 Å². The zero-order valence-corrected chi connectivity index (χ0v) is 9.29. The van der Waals surface area contributed by atoms with E-state index in [4.69, 9.17) is 4.74 Å². The molecule has 3 unspecified atom stereocenters. The molecule has 4 nitrogen and oxygen atoms in total. The molecule has 15 heavy (non-hydrogen) atoms. The van der Waals surface area contributed by atoms with Gasteiger partial charge >= 0.3 is 0 Å². The van der Waals surface area contributed by atoms with Gasteiger partial charge in [-0.1, -0.05) is 0 Å². The number of carbonyl (C=O) groups excluding carboxylic acids is 1. The number of rotatable bonds is 3. The summed E-state index contributed by atoms with van der Waals surface area (Å²) >= 11 is 0. The third-order valence-corrected chi connectivity index (χ3v) is 3.44. The van der Waals surface area contributed by atoms with E-state index >= 15 is 0 Å². The van der Waals surface area contributed by atoms with Crippen LogP contribution in [0.1, 0.15) is 32.1 Å². The van der Waals surface area contributed by atoms with Gasteiger partial charge in [0.1, 0.15) is 0 Å². The first kappa shape index (κ1) is 10.9. The van der Waals surface area contributed by atoms with Crippen LogP contribution < -0.4 is 10.6 Å². The second kappa shape index (κ2) is 4.94. The summed E-state index contributed by atoms with van der Waals surface area (Å²) < 4.78 is 5.28. The van der Waals surface area contributed by atoms with Crippen molar-refractivity contribution in [2.75, 3.05) is 13.7 Å². The van der Waals surface area contributed by atoms with Crippen molar-refractivity contribution in [3.8, 4) is 0 Å². The minimum atomic E-state index is 0.0478. The molecule has 2 fully saturated rings. The molecule has 1 saturated carbocycles. The van der Waals surface area contributed by atoms with Crippen LogP contribution >= 0.6 is 0 Å². The summed E-state index contributed by atoms with van der Waals surface area (Å²) in [5.41, 5.74) is 0. The van der Waals surface area contributed by atoms with E-state index < -0.39 is 0 Å². The Hall–Kier alpha value is -0.610. The van der Waals surface area contributed by atoms with Crippen LogP contribution in [0.15, 0.2) is 0 Å². The molecular weight excluding hydrogens is 192 g/mol. The third-order valence-electron chi connectivity index (χ3n) is 3.44. The number of ether oxygens (including phenoxy) is 1. The van der Waals surface area contributed by atoms with Crippen LogP contribution in [0.25, 0.3) is 0 Å². The molecule has 0 aromatic heterocycles. The third kappa shape index (κ3) is 2.69. The average molecular weight is 212 g/mol. The van der Waals surface area contributed by atoms with Crippen LogP contribution in [0.3, 0.4) is 0 Å². The van der Waals surface area contributed by atoms with Crippen molar-refractivity contribution in [2.24, 2.45) is 0 Å². The van der Waals surface area contributed by atoms with E-state index in [1.807, 2.05) is 0 Å². The molecule has 1 aliphatic carbocycles. The Morgan fingerprint density at radius 3 is 2.87 bits per heavy atom. The quantitative estimate of drug-likeness (QED) is 0.713. The second-order valence-corrected chi connectivity index (χ2v) is 4.53. The van der Waals surface area contributed by atoms with E-state index in [0.29, 0.717) is 12.1 Å². The van der Waals surface area contributed by atoms with Crippen molar-refractivity contribution >= 4 is 5.91 Å². The van der Waals surface area contributed by atoms with Gasteiger partial charge in [-0.3, -0.25) is 4.79 Å². The highest BCUT2D eigenvalue weighted by Crippen LogP contribution is 2.21. The first-order chi connectivity index (χ1) is 7.29. The Morgan fingerprint density at radius 2 is 2.27 bits per heavy atom. The first-order valence-electron chi connectivity index (χ1n) is 5.86. The van der Waals surface area contributed by atoms with Crippen LogP contribution in [0.4, 0.5) is 0 Å². The highest BCUT2D eigenvalue weighted by molar-refractivity contribution is 5.82. The van der Waals surface area contributed by atoms with Crippen molar-refractivity contribution in [3.05, 3.63) is 0 Å². The van der Waals surface area contributed by atoms with Gasteiger partial charge in [0.2, 0.25) is 5.91 Å². The summed E-state index contributed by atoms with van der Waals surface area (Å²) in [5, 5.41) is 6.32. The fraction of sp³-hybridized carbons (Fsp3) is 0.909. The number of amides is 1. The molecule has 1 saturated heterocycles. The normalized spacial score (nSPS) is 35.7. The highest BCUT2D eigenvalue weighted by Gasteiger charge is 2.29. The maximum absolute atomic E-state index is 11.8. The lowest BCUT2D eigenvalue weighted by Gasteiger charge is -2.16. The van der Waals surface area contributed by atoms with E-state index in [-0.39, 0.29) is 11.9 Å². The molecule has 2 rings (SSSR count). The lowest BCUT2D eigenvalue weighted by atomic mass is 10.2. The van der Waals surface area contributed by atoms with Gasteiger partial charge in [-0.2, -0.15) is 0 Å². The van der Waals surface area contributed by atoms with E-state index in [9.17, 15) is 4.79 Å². The zero-order valence-electron chi connectivity index (χ0n) is 9.29. The fourth-order valence-electron chi connectivity index (χ4n) is 2.50. The summed E-state index contributed by atoms with van der Waals surface area (Å²) in [6.07, 6.45) is 5.52. The molecule has 1 aliphatic heterocycles. The Labute approximate surface area is 90.8 Å². The van der Waals surface area contributed by atoms with Gasteiger partial charge in [0.05, 0.1) is 12.1 Å². The summed E-state index contributed by atoms with van der Waals surface area (Å²) in [6.45, 7) is 0.976. The molecular formula is C11H20N2O2. The van der Waals surface area contributed by atoms with Crippen LogP contribution in [-0.2, 0) is 9.53 Å². The van der Waals surface area contributed by atoms with E-state index in [1.165, 1.54) is 0 Å². The predicted octanol–water partition coefficient (Wildman–Crippen LogP) is 0.422. The number of methoxy groups -OCH3 is 1. The minimum Gasteiger partial charge on any atom is -0.381 e.